The molecule has 0 fully saturated rings. The van der Waals surface area contributed by atoms with Gasteiger partial charge in [-0.25, -0.2) is 8.42 Å². The predicted octanol–water partition coefficient (Wildman–Crippen LogP) is 0.745. The number of hydrogen-bond acceptors (Lipinski definition) is 5. The minimum atomic E-state index is -5.49. The number of hydrogen-bond donors (Lipinski definition) is 3. The fourth-order valence-corrected chi connectivity index (χ4v) is 2.24. The van der Waals surface area contributed by atoms with Crippen molar-refractivity contribution in [2.24, 2.45) is 0 Å². The summed E-state index contributed by atoms with van der Waals surface area (Å²) >= 11 is 0. The van der Waals surface area contributed by atoms with Gasteiger partial charge in [0.2, 0.25) is 0 Å². The molecule has 0 saturated carbocycles. The number of rotatable bonds is 5. The van der Waals surface area contributed by atoms with Crippen molar-refractivity contribution in [1.82, 2.24) is 0 Å². The molecule has 1 aromatic carbocycles. The van der Waals surface area contributed by atoms with Crippen LogP contribution >= 0.6 is 0 Å². The number of nitrogens with one attached hydrogen (secondary N) is 1. The van der Waals surface area contributed by atoms with E-state index in [-0.39, 0.29) is 5.69 Å². The minimum Gasteiger partial charge on any atom is -0.394 e. The van der Waals surface area contributed by atoms with Crippen LogP contribution in [0.25, 0.3) is 0 Å². The van der Waals surface area contributed by atoms with Crippen molar-refractivity contribution in [2.75, 3.05) is 18.5 Å². The first-order valence-electron chi connectivity index (χ1n) is 5.12. The Kier molecular flexibility index (Phi) is 4.77. The van der Waals surface area contributed by atoms with Crippen molar-refractivity contribution in [1.29, 1.82) is 0 Å². The smallest absolute Gasteiger partial charge is 0.394 e. The molecule has 0 radical (unpaired) electrons. The molecule has 5 nitrogen and oxygen atoms in total. The second-order valence-electron chi connectivity index (χ2n) is 3.65. The van der Waals surface area contributed by atoms with E-state index in [1.54, 1.807) is 0 Å². The molecule has 0 aliphatic carbocycles. The van der Waals surface area contributed by atoms with Crippen LogP contribution in [0.4, 0.5) is 18.9 Å². The molecule has 19 heavy (non-hydrogen) atoms. The summed E-state index contributed by atoms with van der Waals surface area (Å²) in [7, 11) is -5.49. The lowest BCUT2D eigenvalue weighted by atomic mass is 10.2. The number of sulfone groups is 1. The van der Waals surface area contributed by atoms with Gasteiger partial charge >= 0.3 is 5.51 Å². The molecule has 1 aromatic rings. The summed E-state index contributed by atoms with van der Waals surface area (Å²) in [4.78, 5) is -0.950. The van der Waals surface area contributed by atoms with Crippen molar-refractivity contribution in [3.8, 4) is 0 Å². The van der Waals surface area contributed by atoms with Crippen LogP contribution in [0, 0.1) is 0 Å². The second kappa shape index (κ2) is 5.76. The Balaban J connectivity index is 3.24. The third kappa shape index (κ3) is 3.37. The highest BCUT2D eigenvalue weighted by Gasteiger charge is 2.47. The topological polar surface area (TPSA) is 86.6 Å². The number of benzene rings is 1. The molecule has 0 aliphatic heterocycles. The summed E-state index contributed by atoms with van der Waals surface area (Å²) in [6.07, 6.45) is 0. The standard InChI is InChI=1S/C10H12F3NO4S/c11-10(12,13)19(17,18)9-4-2-1-3-8(9)14-7(5-15)6-16/h1-4,7,14-16H,5-6H2. The normalized spacial score (nSPS) is 12.7. The Morgan fingerprint density at radius 3 is 2.16 bits per heavy atom. The molecule has 3 N–H and O–H groups in total. The van der Waals surface area contributed by atoms with Gasteiger partial charge in [0.15, 0.2) is 0 Å². The molecule has 0 heterocycles. The van der Waals surface area contributed by atoms with Crippen LogP contribution in [0.2, 0.25) is 0 Å². The summed E-state index contributed by atoms with van der Waals surface area (Å²) in [6, 6.07) is 3.46. The fourth-order valence-electron chi connectivity index (χ4n) is 1.31. The average molecular weight is 299 g/mol. The van der Waals surface area contributed by atoms with Gasteiger partial charge in [-0.2, -0.15) is 13.2 Å². The molecule has 108 valence electrons. The maximum Gasteiger partial charge on any atom is 0.501 e. The molecule has 1 rings (SSSR count). The highest BCUT2D eigenvalue weighted by atomic mass is 32.2. The molecule has 0 amide bonds. The molecule has 0 aliphatic rings. The fraction of sp³-hybridized carbons (Fsp3) is 0.400. The molecule has 0 spiro atoms. The van der Waals surface area contributed by atoms with Gasteiger partial charge in [-0.05, 0) is 12.1 Å². The third-order valence-electron chi connectivity index (χ3n) is 2.28. The van der Waals surface area contributed by atoms with Gasteiger partial charge in [0.25, 0.3) is 9.84 Å². The van der Waals surface area contributed by atoms with Crippen LogP contribution in [0.15, 0.2) is 29.2 Å². The summed E-state index contributed by atoms with van der Waals surface area (Å²) in [5.41, 5.74) is -5.74. The molecule has 9 heteroatoms. The lowest BCUT2D eigenvalue weighted by Gasteiger charge is -2.18. The molecule has 0 atom stereocenters. The first-order valence-corrected chi connectivity index (χ1v) is 6.61. The summed E-state index contributed by atoms with van der Waals surface area (Å²) in [5.74, 6) is 0. The third-order valence-corrected chi connectivity index (χ3v) is 3.83. The van der Waals surface area contributed by atoms with Gasteiger partial charge in [-0.15, -0.1) is 0 Å². The molecular weight excluding hydrogens is 287 g/mol. The van der Waals surface area contributed by atoms with E-state index in [1.807, 2.05) is 0 Å². The number of alkyl halides is 3. The molecule has 0 saturated heterocycles. The lowest BCUT2D eigenvalue weighted by Crippen LogP contribution is -2.30. The summed E-state index contributed by atoms with van der Waals surface area (Å²) in [6.45, 7) is -1.12. The Hall–Kier alpha value is -1.32. The monoisotopic (exact) mass is 299 g/mol. The highest BCUT2D eigenvalue weighted by molar-refractivity contribution is 7.92. The first-order chi connectivity index (χ1) is 8.74. The van der Waals surface area contributed by atoms with Gasteiger partial charge in [0.1, 0.15) is 0 Å². The predicted molar refractivity (Wildman–Crippen MR) is 61.3 cm³/mol. The van der Waals surface area contributed by atoms with E-state index in [0.29, 0.717) is 0 Å². The number of anilines is 1. The molecular formula is C10H12F3NO4S. The lowest BCUT2D eigenvalue weighted by molar-refractivity contribution is -0.0435. The Bertz CT molecular complexity index is 526. The maximum absolute atomic E-state index is 12.5. The minimum absolute atomic E-state index is 0.326. The second-order valence-corrected chi connectivity index (χ2v) is 5.56. The van der Waals surface area contributed by atoms with Crippen molar-refractivity contribution in [3.05, 3.63) is 24.3 Å². The van der Waals surface area contributed by atoms with Gasteiger partial charge in [-0.1, -0.05) is 12.1 Å². The van der Waals surface area contributed by atoms with Crippen molar-refractivity contribution in [3.63, 3.8) is 0 Å². The van der Waals surface area contributed by atoms with E-state index in [0.717, 1.165) is 18.2 Å². The maximum atomic E-state index is 12.5. The van der Waals surface area contributed by atoms with E-state index >= 15 is 0 Å². The van der Waals surface area contributed by atoms with Gasteiger partial charge in [0.05, 0.1) is 29.8 Å². The van der Waals surface area contributed by atoms with Crippen LogP contribution in [0.3, 0.4) is 0 Å². The van der Waals surface area contributed by atoms with Crippen LogP contribution in [-0.2, 0) is 9.84 Å². The van der Waals surface area contributed by atoms with E-state index in [4.69, 9.17) is 10.2 Å². The van der Waals surface area contributed by atoms with Crippen LogP contribution in [-0.4, -0.2) is 43.4 Å². The van der Waals surface area contributed by atoms with E-state index in [2.05, 4.69) is 5.32 Å². The quantitative estimate of drug-likeness (QED) is 0.747. The van der Waals surface area contributed by atoms with Crippen LogP contribution in [0.1, 0.15) is 0 Å². The SMILES string of the molecule is O=S(=O)(c1ccccc1NC(CO)CO)C(F)(F)F. The Morgan fingerprint density at radius 2 is 1.68 bits per heavy atom. The molecule has 0 unspecified atom stereocenters. The van der Waals surface area contributed by atoms with E-state index in [1.165, 1.54) is 6.07 Å². The Morgan fingerprint density at radius 1 is 1.16 bits per heavy atom. The average Bonchev–Trinajstić information content (AvgIpc) is 2.35. The van der Waals surface area contributed by atoms with Crippen molar-refractivity contribution >= 4 is 15.5 Å². The molecule has 0 aromatic heterocycles. The Labute approximate surface area is 107 Å². The van der Waals surface area contributed by atoms with Crippen LogP contribution in [0.5, 0.6) is 0 Å². The van der Waals surface area contributed by atoms with Crippen molar-refractivity contribution < 1.29 is 31.8 Å². The zero-order valence-corrected chi connectivity index (χ0v) is 10.4. The number of aliphatic hydroxyl groups excluding tert-OH is 2. The van der Waals surface area contributed by atoms with Crippen LogP contribution < -0.4 is 5.32 Å². The first kappa shape index (κ1) is 15.7. The summed E-state index contributed by atoms with van der Waals surface area (Å²) in [5, 5.41) is 20.0. The number of para-hydroxylation sites is 1. The zero-order valence-electron chi connectivity index (χ0n) is 9.55. The van der Waals surface area contributed by atoms with Crippen molar-refractivity contribution in [2.45, 2.75) is 16.4 Å². The number of halogens is 3. The van der Waals surface area contributed by atoms with E-state index < -0.39 is 39.5 Å². The highest BCUT2D eigenvalue weighted by Crippen LogP contribution is 2.34. The molecule has 0 bridgehead atoms. The van der Waals surface area contributed by atoms with E-state index in [9.17, 15) is 21.6 Å². The number of aliphatic hydroxyl groups is 2. The van der Waals surface area contributed by atoms with Gasteiger partial charge in [0, 0.05) is 0 Å². The largest absolute Gasteiger partial charge is 0.501 e. The van der Waals surface area contributed by atoms with Gasteiger partial charge in [-0.3, -0.25) is 0 Å². The van der Waals surface area contributed by atoms with Gasteiger partial charge < -0.3 is 15.5 Å². The zero-order chi connectivity index (χ0) is 14.7. The summed E-state index contributed by atoms with van der Waals surface area (Å²) < 4.78 is 60.1.